The van der Waals surface area contributed by atoms with E-state index in [-0.39, 0.29) is 13.0 Å². The van der Waals surface area contributed by atoms with E-state index in [1.54, 1.807) is 5.32 Å². The van der Waals surface area contributed by atoms with E-state index in [9.17, 15) is 24.0 Å². The van der Waals surface area contributed by atoms with Gasteiger partial charge < -0.3 is 24.6 Å². The zero-order chi connectivity index (χ0) is 17.6. The molecule has 0 aliphatic carbocycles. The minimum Gasteiger partial charge on any atom is -0.474 e. The molecule has 0 aromatic heterocycles. The van der Waals surface area contributed by atoms with Gasteiger partial charge in [0, 0.05) is 20.3 Å². The van der Waals surface area contributed by atoms with Gasteiger partial charge in [-0.05, 0) is 0 Å². The molecule has 1 heterocycles. The standard InChI is InChI=1S/C12H16N2O9/c1-5(15)21-4-8-7(22-6(2)16)3-9(23-8)13-12(20)14-10(17)11(18)19/h7-9H,3-4H2,1-2H3,(H,18,19)(H2,13,14,17,20)/t7-,8+,9+/m0/s1. The molecule has 3 amide bonds. The minimum atomic E-state index is -1.82. The summed E-state index contributed by atoms with van der Waals surface area (Å²) in [4.78, 5) is 54.4. The van der Waals surface area contributed by atoms with Gasteiger partial charge >= 0.3 is 29.8 Å². The lowest BCUT2D eigenvalue weighted by Gasteiger charge is -2.17. The monoisotopic (exact) mass is 332 g/mol. The Kier molecular flexibility index (Phi) is 6.45. The Bertz CT molecular complexity index is 519. The van der Waals surface area contributed by atoms with E-state index in [2.05, 4.69) is 5.32 Å². The Hall–Kier alpha value is -2.69. The Labute approximate surface area is 130 Å². The van der Waals surface area contributed by atoms with Crippen LogP contribution >= 0.6 is 0 Å². The van der Waals surface area contributed by atoms with Crippen molar-refractivity contribution < 1.29 is 43.3 Å². The van der Waals surface area contributed by atoms with Gasteiger partial charge in [-0.2, -0.15) is 0 Å². The van der Waals surface area contributed by atoms with Crippen LogP contribution in [0.25, 0.3) is 0 Å². The van der Waals surface area contributed by atoms with Crippen LogP contribution in [0.2, 0.25) is 0 Å². The number of hydrogen-bond acceptors (Lipinski definition) is 8. The Morgan fingerprint density at radius 1 is 1.17 bits per heavy atom. The summed E-state index contributed by atoms with van der Waals surface area (Å²) in [6, 6.07) is -1.09. The summed E-state index contributed by atoms with van der Waals surface area (Å²) in [5.74, 6) is -4.47. The normalized spacial score (nSPS) is 22.8. The van der Waals surface area contributed by atoms with Crippen molar-refractivity contribution in [1.29, 1.82) is 0 Å². The fourth-order valence-corrected chi connectivity index (χ4v) is 1.83. The third-order valence-electron chi connectivity index (χ3n) is 2.68. The molecule has 3 N–H and O–H groups in total. The Balaban J connectivity index is 2.58. The number of imide groups is 1. The largest absolute Gasteiger partial charge is 0.474 e. The first-order chi connectivity index (χ1) is 10.7. The van der Waals surface area contributed by atoms with E-state index < -0.39 is 48.3 Å². The zero-order valence-corrected chi connectivity index (χ0v) is 12.4. The molecule has 0 saturated carbocycles. The number of esters is 2. The molecule has 0 bridgehead atoms. The second-order valence-corrected chi connectivity index (χ2v) is 4.58. The van der Waals surface area contributed by atoms with Gasteiger partial charge in [0.2, 0.25) is 0 Å². The lowest BCUT2D eigenvalue weighted by molar-refractivity contribution is -0.154. The predicted octanol–water partition coefficient (Wildman–Crippen LogP) is -1.49. The number of amides is 3. The fraction of sp³-hybridized carbons (Fsp3) is 0.583. The maximum atomic E-state index is 11.4. The van der Waals surface area contributed by atoms with Crippen LogP contribution in [0.1, 0.15) is 20.3 Å². The molecule has 11 heteroatoms. The number of carboxylic acids is 1. The molecule has 1 rings (SSSR count). The number of nitrogens with one attached hydrogen (secondary N) is 2. The van der Waals surface area contributed by atoms with E-state index in [0.717, 1.165) is 0 Å². The van der Waals surface area contributed by atoms with Crippen LogP contribution in [0, 0.1) is 0 Å². The van der Waals surface area contributed by atoms with Crippen LogP contribution in [0.3, 0.4) is 0 Å². The van der Waals surface area contributed by atoms with Gasteiger partial charge in [-0.25, -0.2) is 9.59 Å². The number of carboxylic acid groups (broad SMARTS) is 1. The maximum Gasteiger partial charge on any atom is 0.394 e. The third kappa shape index (κ3) is 6.30. The SMILES string of the molecule is CC(=O)OC[C@H]1O[C@@H](NC(=O)NC(=O)C(=O)O)C[C@@H]1OC(C)=O. The highest BCUT2D eigenvalue weighted by atomic mass is 16.6. The number of carbonyl (C=O) groups excluding carboxylic acids is 4. The molecular formula is C12H16N2O9. The predicted molar refractivity (Wildman–Crippen MR) is 69.8 cm³/mol. The number of aliphatic carboxylic acids is 1. The highest BCUT2D eigenvalue weighted by molar-refractivity contribution is 6.34. The molecule has 0 aromatic rings. The van der Waals surface area contributed by atoms with Crippen molar-refractivity contribution in [2.75, 3.05) is 6.61 Å². The van der Waals surface area contributed by atoms with E-state index in [1.165, 1.54) is 13.8 Å². The fourth-order valence-electron chi connectivity index (χ4n) is 1.83. The highest BCUT2D eigenvalue weighted by Gasteiger charge is 2.39. The summed E-state index contributed by atoms with van der Waals surface area (Å²) in [6.45, 7) is 2.18. The van der Waals surface area contributed by atoms with E-state index in [1.807, 2.05) is 0 Å². The van der Waals surface area contributed by atoms with Gasteiger partial charge in [0.25, 0.3) is 0 Å². The first-order valence-corrected chi connectivity index (χ1v) is 6.50. The van der Waals surface area contributed by atoms with E-state index >= 15 is 0 Å². The zero-order valence-electron chi connectivity index (χ0n) is 12.4. The number of rotatable bonds is 4. The van der Waals surface area contributed by atoms with Crippen molar-refractivity contribution in [2.45, 2.75) is 38.7 Å². The molecule has 128 valence electrons. The molecule has 1 aliphatic heterocycles. The second kappa shape index (κ2) is 8.08. The minimum absolute atomic E-state index is 0.0419. The highest BCUT2D eigenvalue weighted by Crippen LogP contribution is 2.22. The average Bonchev–Trinajstić information content (AvgIpc) is 2.76. The quantitative estimate of drug-likeness (QED) is 0.412. The van der Waals surface area contributed by atoms with E-state index in [4.69, 9.17) is 19.3 Å². The molecule has 1 saturated heterocycles. The average molecular weight is 332 g/mol. The Morgan fingerprint density at radius 2 is 1.83 bits per heavy atom. The van der Waals surface area contributed by atoms with Crippen molar-refractivity contribution in [2.24, 2.45) is 0 Å². The lowest BCUT2D eigenvalue weighted by Crippen LogP contribution is -2.46. The maximum absolute atomic E-state index is 11.4. The number of carbonyl (C=O) groups is 5. The molecule has 0 aromatic carbocycles. The van der Waals surface area contributed by atoms with Gasteiger partial charge in [0.1, 0.15) is 25.0 Å². The molecule has 0 radical (unpaired) electrons. The summed E-state index contributed by atoms with van der Waals surface area (Å²) in [7, 11) is 0. The smallest absolute Gasteiger partial charge is 0.394 e. The molecule has 11 nitrogen and oxygen atoms in total. The van der Waals surface area contributed by atoms with Crippen molar-refractivity contribution in [1.82, 2.24) is 10.6 Å². The van der Waals surface area contributed by atoms with Crippen LogP contribution in [-0.4, -0.2) is 60.0 Å². The van der Waals surface area contributed by atoms with Gasteiger partial charge in [-0.15, -0.1) is 0 Å². The molecule has 3 atom stereocenters. The van der Waals surface area contributed by atoms with Crippen LogP contribution in [0.15, 0.2) is 0 Å². The van der Waals surface area contributed by atoms with Crippen molar-refractivity contribution in [3.8, 4) is 0 Å². The van der Waals surface area contributed by atoms with Crippen LogP contribution in [0.4, 0.5) is 4.79 Å². The second-order valence-electron chi connectivity index (χ2n) is 4.58. The van der Waals surface area contributed by atoms with Crippen LogP contribution in [-0.2, 0) is 33.4 Å². The molecular weight excluding hydrogens is 316 g/mol. The van der Waals surface area contributed by atoms with E-state index in [0.29, 0.717) is 0 Å². The van der Waals surface area contributed by atoms with Gasteiger partial charge in [0.05, 0.1) is 0 Å². The molecule has 1 fully saturated rings. The van der Waals surface area contributed by atoms with Crippen molar-refractivity contribution in [3.63, 3.8) is 0 Å². The molecule has 23 heavy (non-hydrogen) atoms. The summed E-state index contributed by atoms with van der Waals surface area (Å²) in [5, 5.41) is 12.1. The first kappa shape index (κ1) is 18.4. The first-order valence-electron chi connectivity index (χ1n) is 6.50. The summed E-state index contributed by atoms with van der Waals surface area (Å²) < 4.78 is 15.1. The topological polar surface area (TPSA) is 157 Å². The number of ether oxygens (including phenoxy) is 3. The third-order valence-corrected chi connectivity index (χ3v) is 2.68. The lowest BCUT2D eigenvalue weighted by atomic mass is 10.2. The van der Waals surface area contributed by atoms with Crippen molar-refractivity contribution >= 4 is 29.8 Å². The van der Waals surface area contributed by atoms with Gasteiger partial charge in [-0.3, -0.25) is 19.7 Å². The van der Waals surface area contributed by atoms with Gasteiger partial charge in [-0.1, -0.05) is 0 Å². The summed E-state index contributed by atoms with van der Waals surface area (Å²) >= 11 is 0. The number of hydrogen-bond donors (Lipinski definition) is 3. The van der Waals surface area contributed by atoms with Crippen LogP contribution < -0.4 is 10.6 Å². The molecule has 1 aliphatic rings. The molecule has 0 unspecified atom stereocenters. The van der Waals surface area contributed by atoms with Crippen LogP contribution in [0.5, 0.6) is 0 Å². The molecule has 0 spiro atoms. The summed E-state index contributed by atoms with van der Waals surface area (Å²) in [5.41, 5.74) is 0. The van der Waals surface area contributed by atoms with Gasteiger partial charge in [0.15, 0.2) is 0 Å². The Morgan fingerprint density at radius 3 is 2.35 bits per heavy atom. The summed E-state index contributed by atoms with van der Waals surface area (Å²) in [6.07, 6.45) is -2.49. The number of urea groups is 1. The van der Waals surface area contributed by atoms with Crippen molar-refractivity contribution in [3.05, 3.63) is 0 Å².